The maximum Gasteiger partial charge on any atom is 0.219 e. The molecule has 25 heavy (non-hydrogen) atoms. The van der Waals surface area contributed by atoms with E-state index >= 15 is 0 Å². The van der Waals surface area contributed by atoms with Gasteiger partial charge in [0.25, 0.3) is 0 Å². The van der Waals surface area contributed by atoms with Gasteiger partial charge < -0.3 is 4.90 Å². The van der Waals surface area contributed by atoms with Crippen molar-refractivity contribution in [2.75, 3.05) is 13.1 Å². The second-order valence-electron chi connectivity index (χ2n) is 7.32. The lowest BCUT2D eigenvalue weighted by Crippen LogP contribution is -2.64. The van der Waals surface area contributed by atoms with Gasteiger partial charge in [-0.2, -0.15) is 0 Å². The zero-order valence-corrected chi connectivity index (χ0v) is 15.2. The molecule has 1 saturated carbocycles. The van der Waals surface area contributed by atoms with E-state index in [9.17, 15) is 14.4 Å². The summed E-state index contributed by atoms with van der Waals surface area (Å²) in [6.07, 6.45) is 0.958. The first kappa shape index (κ1) is 17.4. The number of ketones is 2. The number of likely N-dealkylation sites (tertiary alicyclic amines) is 1. The Morgan fingerprint density at radius 1 is 1.20 bits per heavy atom. The van der Waals surface area contributed by atoms with E-state index in [1.54, 1.807) is 11.8 Å². The highest BCUT2D eigenvalue weighted by molar-refractivity contribution is 6.13. The van der Waals surface area contributed by atoms with Crippen LogP contribution in [0.2, 0.25) is 0 Å². The SMILES string of the molecule is CC#Cc1cc(C)c(C2C(=O)CCC3(CN(C(C)=O)C3)C2=O)c(C)c1. The topological polar surface area (TPSA) is 54.5 Å². The maximum atomic E-state index is 13.2. The molecule has 4 nitrogen and oxygen atoms in total. The number of carbonyl (C=O) groups is 3. The fourth-order valence-electron chi connectivity index (χ4n) is 4.24. The molecule has 130 valence electrons. The molecule has 2 fully saturated rings. The normalized spacial score (nSPS) is 21.6. The molecular formula is C21H23NO3. The van der Waals surface area contributed by atoms with Gasteiger partial charge in [0.05, 0.1) is 5.41 Å². The second-order valence-corrected chi connectivity index (χ2v) is 7.32. The van der Waals surface area contributed by atoms with Crippen LogP contribution in [-0.4, -0.2) is 35.5 Å². The van der Waals surface area contributed by atoms with Crippen LogP contribution in [0.15, 0.2) is 12.1 Å². The predicted molar refractivity (Wildman–Crippen MR) is 95.1 cm³/mol. The van der Waals surface area contributed by atoms with E-state index in [2.05, 4.69) is 11.8 Å². The molecule has 1 saturated heterocycles. The molecule has 1 aromatic carbocycles. The first-order valence-corrected chi connectivity index (χ1v) is 8.65. The number of rotatable bonds is 1. The smallest absolute Gasteiger partial charge is 0.219 e. The van der Waals surface area contributed by atoms with Crippen LogP contribution in [0, 0.1) is 31.1 Å². The molecule has 1 aliphatic heterocycles. The molecule has 1 heterocycles. The Kier molecular flexibility index (Phi) is 4.28. The molecule has 0 N–H and O–H groups in total. The van der Waals surface area contributed by atoms with E-state index < -0.39 is 11.3 Å². The monoisotopic (exact) mass is 337 g/mol. The zero-order chi connectivity index (χ0) is 18.4. The molecule has 0 radical (unpaired) electrons. The van der Waals surface area contributed by atoms with Gasteiger partial charge in [0, 0.05) is 32.0 Å². The van der Waals surface area contributed by atoms with Crippen molar-refractivity contribution in [3.05, 3.63) is 34.4 Å². The Balaban J connectivity index is 1.98. The Morgan fingerprint density at radius 3 is 2.32 bits per heavy atom. The lowest BCUT2D eigenvalue weighted by molar-refractivity contribution is -0.157. The van der Waals surface area contributed by atoms with Crippen molar-refractivity contribution in [2.45, 2.75) is 46.5 Å². The molecule has 0 aromatic heterocycles. The van der Waals surface area contributed by atoms with Gasteiger partial charge in [0.1, 0.15) is 11.7 Å². The summed E-state index contributed by atoms with van der Waals surface area (Å²) in [6.45, 7) is 8.07. The Hall–Kier alpha value is -2.41. The summed E-state index contributed by atoms with van der Waals surface area (Å²) in [5, 5.41) is 0. The number of nitrogens with zero attached hydrogens (tertiary/aromatic N) is 1. The summed E-state index contributed by atoms with van der Waals surface area (Å²) in [7, 11) is 0. The molecule has 1 spiro atoms. The van der Waals surface area contributed by atoms with Crippen molar-refractivity contribution in [3.8, 4) is 11.8 Å². The second kappa shape index (κ2) is 6.15. The first-order valence-electron chi connectivity index (χ1n) is 8.65. The summed E-state index contributed by atoms with van der Waals surface area (Å²) in [6, 6.07) is 3.90. The molecule has 0 bridgehead atoms. The van der Waals surface area contributed by atoms with Gasteiger partial charge in [0.15, 0.2) is 5.78 Å². The highest BCUT2D eigenvalue weighted by atomic mass is 16.2. The van der Waals surface area contributed by atoms with Crippen LogP contribution < -0.4 is 0 Å². The van der Waals surface area contributed by atoms with E-state index in [-0.39, 0.29) is 17.5 Å². The van der Waals surface area contributed by atoms with E-state index in [1.807, 2.05) is 26.0 Å². The first-order chi connectivity index (χ1) is 11.8. The van der Waals surface area contributed by atoms with Crippen LogP contribution in [0.25, 0.3) is 0 Å². The minimum Gasteiger partial charge on any atom is -0.341 e. The van der Waals surface area contributed by atoms with Crippen LogP contribution in [-0.2, 0) is 14.4 Å². The third-order valence-corrected chi connectivity index (χ3v) is 5.54. The maximum absolute atomic E-state index is 13.2. The summed E-state index contributed by atoms with van der Waals surface area (Å²) < 4.78 is 0. The molecule has 1 aliphatic carbocycles. The molecule has 1 amide bonds. The van der Waals surface area contributed by atoms with Gasteiger partial charge in [-0.1, -0.05) is 5.92 Å². The highest BCUT2D eigenvalue weighted by Crippen LogP contribution is 2.46. The van der Waals surface area contributed by atoms with Gasteiger partial charge >= 0.3 is 0 Å². The van der Waals surface area contributed by atoms with Crippen molar-refractivity contribution in [2.24, 2.45) is 5.41 Å². The van der Waals surface area contributed by atoms with Gasteiger partial charge in [-0.25, -0.2) is 0 Å². The quantitative estimate of drug-likeness (QED) is 0.584. The average Bonchev–Trinajstić information content (AvgIpc) is 2.48. The van der Waals surface area contributed by atoms with Crippen LogP contribution in [0.3, 0.4) is 0 Å². The summed E-state index contributed by atoms with van der Waals surface area (Å²) >= 11 is 0. The lowest BCUT2D eigenvalue weighted by Gasteiger charge is -2.52. The zero-order valence-electron chi connectivity index (χ0n) is 15.2. The summed E-state index contributed by atoms with van der Waals surface area (Å²) in [4.78, 5) is 39.1. The van der Waals surface area contributed by atoms with Crippen molar-refractivity contribution >= 4 is 17.5 Å². The Morgan fingerprint density at radius 2 is 1.80 bits per heavy atom. The van der Waals surface area contributed by atoms with E-state index in [0.717, 1.165) is 22.3 Å². The van der Waals surface area contributed by atoms with Crippen LogP contribution in [0.5, 0.6) is 0 Å². The lowest BCUT2D eigenvalue weighted by atomic mass is 9.61. The minimum absolute atomic E-state index is 0.00238. The number of carbonyl (C=O) groups excluding carboxylic acids is 3. The van der Waals surface area contributed by atoms with Crippen LogP contribution >= 0.6 is 0 Å². The molecule has 3 rings (SSSR count). The van der Waals surface area contributed by atoms with Crippen molar-refractivity contribution in [3.63, 3.8) is 0 Å². The number of aryl methyl sites for hydroxylation is 2. The van der Waals surface area contributed by atoms with E-state index in [1.165, 1.54) is 6.92 Å². The van der Waals surface area contributed by atoms with Crippen molar-refractivity contribution in [1.29, 1.82) is 0 Å². The van der Waals surface area contributed by atoms with Crippen LogP contribution in [0.4, 0.5) is 0 Å². The van der Waals surface area contributed by atoms with E-state index in [0.29, 0.717) is 25.9 Å². The minimum atomic E-state index is -0.702. The molecule has 1 unspecified atom stereocenters. The van der Waals surface area contributed by atoms with Gasteiger partial charge in [-0.05, 0) is 56.0 Å². The Labute approximate surface area is 148 Å². The van der Waals surface area contributed by atoms with Crippen molar-refractivity contribution < 1.29 is 14.4 Å². The number of benzene rings is 1. The Bertz CT molecular complexity index is 811. The summed E-state index contributed by atoms with van der Waals surface area (Å²) in [5.41, 5.74) is 3.06. The molecule has 4 heteroatoms. The fourth-order valence-corrected chi connectivity index (χ4v) is 4.24. The van der Waals surface area contributed by atoms with Gasteiger partial charge in [-0.3, -0.25) is 14.4 Å². The number of hydrogen-bond donors (Lipinski definition) is 0. The van der Waals surface area contributed by atoms with Gasteiger partial charge in [-0.15, -0.1) is 5.92 Å². The van der Waals surface area contributed by atoms with E-state index in [4.69, 9.17) is 0 Å². The molecule has 1 atom stereocenters. The van der Waals surface area contributed by atoms with Gasteiger partial charge in [0.2, 0.25) is 5.91 Å². The fraction of sp³-hybridized carbons (Fsp3) is 0.476. The third kappa shape index (κ3) is 2.78. The average molecular weight is 337 g/mol. The molecular weight excluding hydrogens is 314 g/mol. The van der Waals surface area contributed by atoms with Crippen molar-refractivity contribution in [1.82, 2.24) is 4.90 Å². The largest absolute Gasteiger partial charge is 0.341 e. The van der Waals surface area contributed by atoms with Crippen LogP contribution in [0.1, 0.15) is 54.9 Å². The number of amides is 1. The molecule has 1 aromatic rings. The summed E-state index contributed by atoms with van der Waals surface area (Å²) in [5.74, 6) is 5.19. The predicted octanol–water partition coefficient (Wildman–Crippen LogP) is 2.54. The molecule has 2 aliphatic rings. The number of hydrogen-bond acceptors (Lipinski definition) is 3. The highest BCUT2D eigenvalue weighted by Gasteiger charge is 2.56. The third-order valence-electron chi connectivity index (χ3n) is 5.54. The standard InChI is InChI=1S/C21H23NO3/c1-5-6-16-9-13(2)18(14(3)10-16)19-17(24)7-8-21(20(19)25)11-22(12-21)15(4)23/h9-10,19H,7-8,11-12H2,1-4H3. The number of Topliss-reactive ketones (excluding diaryl/α,β-unsaturated/α-hetero) is 2.